The summed E-state index contributed by atoms with van der Waals surface area (Å²) in [6.45, 7) is 1.73. The number of carbonyl (C=O) groups excluding carboxylic acids is 2. The van der Waals surface area contributed by atoms with Crippen molar-refractivity contribution in [3.05, 3.63) is 93.2 Å². The maximum atomic E-state index is 11.8. The van der Waals surface area contributed by atoms with E-state index in [0.717, 1.165) is 22.3 Å². The van der Waals surface area contributed by atoms with E-state index in [2.05, 4.69) is 27.1 Å². The summed E-state index contributed by atoms with van der Waals surface area (Å²) in [6.07, 6.45) is 0.861. The fourth-order valence-electron chi connectivity index (χ4n) is 3.23. The normalized spacial score (nSPS) is 11.1. The fourth-order valence-corrected chi connectivity index (χ4v) is 3.23. The smallest absolute Gasteiger partial charge is 0.404 e. The van der Waals surface area contributed by atoms with Crippen LogP contribution in [0.5, 0.6) is 5.75 Å². The maximum Gasteiger partial charge on any atom is 0.404 e. The summed E-state index contributed by atoms with van der Waals surface area (Å²) in [4.78, 5) is 40.3. The topological polar surface area (TPSA) is 147 Å². The summed E-state index contributed by atoms with van der Waals surface area (Å²) in [5.74, 6) is 5.11. The van der Waals surface area contributed by atoms with Crippen molar-refractivity contribution in [3.8, 4) is 17.6 Å². The van der Waals surface area contributed by atoms with Crippen LogP contribution in [0.4, 0.5) is 4.79 Å². The molecular weight excluding hydrogens is 436 g/mol. The van der Waals surface area contributed by atoms with Gasteiger partial charge in [-0.15, -0.1) is 0 Å². The number of aromatic amines is 1. The number of nitrogens with zero attached hydrogens (tertiary/aromatic N) is 1. The van der Waals surface area contributed by atoms with Crippen molar-refractivity contribution in [3.63, 3.8) is 0 Å². The van der Waals surface area contributed by atoms with Crippen molar-refractivity contribution in [2.45, 2.75) is 25.9 Å². The molecule has 0 aliphatic rings. The van der Waals surface area contributed by atoms with Crippen molar-refractivity contribution in [1.82, 2.24) is 15.3 Å². The molecule has 174 valence electrons. The minimum atomic E-state index is -0.820. The van der Waals surface area contributed by atoms with Gasteiger partial charge in [-0.05, 0) is 41.8 Å². The average molecular weight is 460 g/mol. The molecule has 9 heteroatoms. The molecule has 3 rings (SSSR count). The first kappa shape index (κ1) is 24.1. The number of amides is 2. The summed E-state index contributed by atoms with van der Waals surface area (Å²) in [7, 11) is 0. The van der Waals surface area contributed by atoms with Crippen LogP contribution in [0.2, 0.25) is 0 Å². The molecule has 1 atom stereocenters. The Morgan fingerprint density at radius 2 is 1.68 bits per heavy atom. The maximum absolute atomic E-state index is 11.8. The number of rotatable bonds is 7. The Bertz CT molecular complexity index is 1270. The zero-order valence-corrected chi connectivity index (χ0v) is 18.5. The minimum Gasteiger partial charge on any atom is -0.502 e. The van der Waals surface area contributed by atoms with Crippen molar-refractivity contribution >= 4 is 12.0 Å². The quantitative estimate of drug-likeness (QED) is 0.396. The van der Waals surface area contributed by atoms with Crippen LogP contribution in [0.1, 0.15) is 40.8 Å². The van der Waals surface area contributed by atoms with Crippen molar-refractivity contribution < 1.29 is 19.4 Å². The van der Waals surface area contributed by atoms with Crippen molar-refractivity contribution in [2.24, 2.45) is 5.73 Å². The molecule has 0 spiro atoms. The van der Waals surface area contributed by atoms with E-state index in [0.29, 0.717) is 6.42 Å². The third-order valence-corrected chi connectivity index (χ3v) is 4.96. The van der Waals surface area contributed by atoms with E-state index in [1.165, 1.54) is 13.3 Å². The molecule has 0 bridgehead atoms. The van der Waals surface area contributed by atoms with E-state index in [1.807, 2.05) is 48.5 Å². The second kappa shape index (κ2) is 11.3. The second-order valence-electron chi connectivity index (χ2n) is 7.56. The number of nitrogens with one attached hydrogen (secondary N) is 2. The molecule has 9 nitrogen and oxygen atoms in total. The van der Waals surface area contributed by atoms with Crippen LogP contribution in [-0.4, -0.2) is 33.6 Å². The number of aromatic hydroxyl groups is 1. The molecule has 34 heavy (non-hydrogen) atoms. The van der Waals surface area contributed by atoms with E-state index >= 15 is 0 Å². The summed E-state index contributed by atoms with van der Waals surface area (Å²) in [5, 5.41) is 12.9. The Balaban J connectivity index is 1.70. The summed E-state index contributed by atoms with van der Waals surface area (Å²) >= 11 is 0. The lowest BCUT2D eigenvalue weighted by Gasteiger charge is -2.17. The molecule has 2 aromatic carbocycles. The zero-order valence-electron chi connectivity index (χ0n) is 18.5. The standard InChI is InChI=1S/C25H24N4O5/c1-16(30)27-13-21(22-23(31)24(32)29-15-28-22)12-19-8-4-17(5-9-19)2-3-18-6-10-20(11-7-18)14-34-25(26)33/h4-11,15,21,31H,12-14H2,1H3,(H2,26,33)(H,27,30)(H,28,29,32). The van der Waals surface area contributed by atoms with Crippen LogP contribution < -0.4 is 16.6 Å². The molecule has 2 amide bonds. The molecule has 0 saturated heterocycles. The lowest BCUT2D eigenvalue weighted by Crippen LogP contribution is -2.28. The van der Waals surface area contributed by atoms with Crippen LogP contribution in [-0.2, 0) is 22.6 Å². The largest absolute Gasteiger partial charge is 0.502 e. The first-order valence-electron chi connectivity index (χ1n) is 10.4. The number of H-pyrrole nitrogens is 1. The molecule has 5 N–H and O–H groups in total. The van der Waals surface area contributed by atoms with Crippen LogP contribution >= 0.6 is 0 Å². The highest BCUT2D eigenvalue weighted by molar-refractivity contribution is 5.72. The number of ether oxygens (including phenoxy) is 1. The zero-order chi connectivity index (χ0) is 24.5. The summed E-state index contributed by atoms with van der Waals surface area (Å²) in [6, 6.07) is 14.8. The van der Waals surface area contributed by atoms with Crippen LogP contribution in [0, 0.1) is 11.8 Å². The Hall–Kier alpha value is -4.58. The molecule has 0 radical (unpaired) electrons. The van der Waals surface area contributed by atoms with E-state index < -0.39 is 17.4 Å². The van der Waals surface area contributed by atoms with Gasteiger partial charge in [-0.3, -0.25) is 9.59 Å². The molecule has 1 heterocycles. The number of primary amides is 1. The average Bonchev–Trinajstić information content (AvgIpc) is 2.82. The Labute approximate surface area is 196 Å². The van der Waals surface area contributed by atoms with Gasteiger partial charge in [0.15, 0.2) is 0 Å². The molecule has 0 aliphatic heterocycles. The van der Waals surface area contributed by atoms with Gasteiger partial charge in [0.2, 0.25) is 11.7 Å². The number of nitrogens with two attached hydrogens (primary N) is 1. The number of hydrogen-bond acceptors (Lipinski definition) is 6. The van der Waals surface area contributed by atoms with Gasteiger partial charge < -0.3 is 25.9 Å². The third kappa shape index (κ3) is 6.97. The first-order valence-corrected chi connectivity index (χ1v) is 10.4. The van der Waals surface area contributed by atoms with Crippen LogP contribution in [0.3, 0.4) is 0 Å². The van der Waals surface area contributed by atoms with Crippen molar-refractivity contribution in [1.29, 1.82) is 0 Å². The Morgan fingerprint density at radius 1 is 1.09 bits per heavy atom. The Morgan fingerprint density at radius 3 is 2.24 bits per heavy atom. The SMILES string of the molecule is CC(=O)NCC(Cc1ccc(C#Cc2ccc(COC(N)=O)cc2)cc1)c1nc[nH]c(=O)c1O. The van der Waals surface area contributed by atoms with Gasteiger partial charge in [0.05, 0.1) is 12.0 Å². The number of hydrogen-bond donors (Lipinski definition) is 4. The number of benzene rings is 2. The molecule has 0 saturated carbocycles. The van der Waals surface area contributed by atoms with E-state index in [4.69, 9.17) is 10.5 Å². The minimum absolute atomic E-state index is 0.109. The molecule has 1 unspecified atom stereocenters. The van der Waals surface area contributed by atoms with Crippen molar-refractivity contribution in [2.75, 3.05) is 6.54 Å². The lowest BCUT2D eigenvalue weighted by atomic mass is 9.94. The number of aromatic nitrogens is 2. The monoisotopic (exact) mass is 460 g/mol. The van der Waals surface area contributed by atoms with Gasteiger partial charge in [0.1, 0.15) is 6.61 Å². The molecule has 3 aromatic rings. The van der Waals surface area contributed by atoms with E-state index in [1.54, 1.807) is 0 Å². The third-order valence-electron chi connectivity index (χ3n) is 4.96. The molecular formula is C25H24N4O5. The molecule has 0 fully saturated rings. The first-order chi connectivity index (χ1) is 16.3. The lowest BCUT2D eigenvalue weighted by molar-refractivity contribution is -0.119. The van der Waals surface area contributed by atoms with E-state index in [9.17, 15) is 19.5 Å². The van der Waals surface area contributed by atoms with E-state index in [-0.39, 0.29) is 30.7 Å². The predicted octanol–water partition coefficient (Wildman–Crippen LogP) is 1.93. The predicted molar refractivity (Wildman–Crippen MR) is 125 cm³/mol. The van der Waals surface area contributed by atoms with Gasteiger partial charge in [0, 0.05) is 30.5 Å². The summed E-state index contributed by atoms with van der Waals surface area (Å²) in [5.41, 5.74) is 7.91. The highest BCUT2D eigenvalue weighted by Gasteiger charge is 2.20. The van der Waals surface area contributed by atoms with Gasteiger partial charge in [0.25, 0.3) is 5.56 Å². The Kier molecular flexibility index (Phi) is 8.02. The molecule has 0 aliphatic carbocycles. The van der Waals surface area contributed by atoms with Gasteiger partial charge in [-0.2, -0.15) is 0 Å². The van der Waals surface area contributed by atoms with Crippen LogP contribution in [0.25, 0.3) is 0 Å². The molecule has 1 aromatic heterocycles. The van der Waals surface area contributed by atoms with Gasteiger partial charge >= 0.3 is 6.09 Å². The van der Waals surface area contributed by atoms with Gasteiger partial charge in [-0.1, -0.05) is 36.1 Å². The summed E-state index contributed by atoms with van der Waals surface area (Å²) < 4.78 is 4.75. The fraction of sp³-hybridized carbons (Fsp3) is 0.200. The van der Waals surface area contributed by atoms with Gasteiger partial charge in [-0.25, -0.2) is 9.78 Å². The highest BCUT2D eigenvalue weighted by atomic mass is 16.5. The highest BCUT2D eigenvalue weighted by Crippen LogP contribution is 2.23. The van der Waals surface area contributed by atoms with Crippen LogP contribution in [0.15, 0.2) is 59.7 Å². The second-order valence-corrected chi connectivity index (χ2v) is 7.56. The number of carbonyl (C=O) groups is 2.